The first kappa shape index (κ1) is 13.9. The third-order valence-electron chi connectivity index (χ3n) is 2.80. The zero-order valence-electron chi connectivity index (χ0n) is 10.6. The lowest BCUT2D eigenvalue weighted by Gasteiger charge is -1.99. The number of thioether (sulfide) groups is 1. The van der Waals surface area contributed by atoms with Crippen LogP contribution in [0.25, 0.3) is 0 Å². The summed E-state index contributed by atoms with van der Waals surface area (Å²) in [6, 6.07) is 13.5. The predicted octanol–water partition coefficient (Wildman–Crippen LogP) is 3.80. The fraction of sp³-hybridized carbons (Fsp3) is 0. The van der Waals surface area contributed by atoms with Gasteiger partial charge < -0.3 is 4.84 Å². The minimum Gasteiger partial charge on any atom is -0.312 e. The Labute approximate surface area is 129 Å². The summed E-state index contributed by atoms with van der Waals surface area (Å²) in [4.78, 5) is 29.5. The third-order valence-corrected chi connectivity index (χ3v) is 4.07. The van der Waals surface area contributed by atoms with Crippen molar-refractivity contribution in [1.29, 1.82) is 0 Å². The minimum absolute atomic E-state index is 0.145. The van der Waals surface area contributed by atoms with E-state index in [9.17, 15) is 9.59 Å². The molecule has 1 aliphatic heterocycles. The molecule has 3 rings (SSSR count). The summed E-state index contributed by atoms with van der Waals surface area (Å²) in [6.45, 7) is 0. The van der Waals surface area contributed by atoms with Gasteiger partial charge in [0, 0.05) is 15.5 Å². The van der Waals surface area contributed by atoms with Crippen LogP contribution in [0.2, 0.25) is 5.02 Å². The van der Waals surface area contributed by atoms with Crippen LogP contribution in [0.1, 0.15) is 20.7 Å². The Hall–Kier alpha value is -2.11. The predicted molar refractivity (Wildman–Crippen MR) is 80.9 cm³/mol. The average Bonchev–Trinajstić information content (AvgIpc) is 2.82. The zero-order chi connectivity index (χ0) is 14.8. The minimum atomic E-state index is -0.658. The van der Waals surface area contributed by atoms with E-state index in [0.29, 0.717) is 10.6 Å². The fourth-order valence-electron chi connectivity index (χ4n) is 1.82. The summed E-state index contributed by atoms with van der Waals surface area (Å²) in [5.74, 6) is -0.899. The number of ketones is 1. The maximum atomic E-state index is 12.0. The number of hydrogen-bond donors (Lipinski definition) is 0. The highest BCUT2D eigenvalue weighted by molar-refractivity contribution is 8.16. The molecule has 0 unspecified atom stereocenters. The van der Waals surface area contributed by atoms with Gasteiger partial charge in [0.25, 0.3) is 0 Å². The molecule has 0 radical (unpaired) electrons. The van der Waals surface area contributed by atoms with Crippen LogP contribution in [0.5, 0.6) is 0 Å². The molecule has 21 heavy (non-hydrogen) atoms. The molecule has 2 aromatic rings. The van der Waals surface area contributed by atoms with Crippen molar-refractivity contribution in [2.75, 3.05) is 0 Å². The van der Waals surface area contributed by atoms with Crippen molar-refractivity contribution in [2.24, 2.45) is 5.16 Å². The number of fused-ring (bicyclic) bond motifs is 1. The first-order valence-electron chi connectivity index (χ1n) is 6.01. The largest absolute Gasteiger partial charge is 0.365 e. The van der Waals surface area contributed by atoms with Crippen LogP contribution >= 0.6 is 23.4 Å². The number of halogens is 1. The van der Waals surface area contributed by atoms with Crippen LogP contribution in [-0.2, 0) is 4.84 Å². The summed E-state index contributed by atoms with van der Waals surface area (Å²) >= 11 is 6.98. The van der Waals surface area contributed by atoms with Crippen LogP contribution in [0, 0.1) is 0 Å². The standard InChI is InChI=1S/C15H8ClNO3S/c16-10-5-3-4-9(8-10)15(19)20-17-14-13(18)11-6-1-2-7-12(11)21-14/h1-8H/b17-14+. The summed E-state index contributed by atoms with van der Waals surface area (Å²) < 4.78 is 0. The van der Waals surface area contributed by atoms with Gasteiger partial charge in [0.2, 0.25) is 5.78 Å². The maximum absolute atomic E-state index is 12.0. The van der Waals surface area contributed by atoms with E-state index in [1.807, 2.05) is 12.1 Å². The molecule has 0 amide bonds. The normalized spacial score (nSPS) is 15.1. The number of rotatable bonds is 2. The topological polar surface area (TPSA) is 55.7 Å². The molecule has 0 atom stereocenters. The van der Waals surface area contributed by atoms with Gasteiger partial charge in [-0.05, 0) is 30.3 Å². The molecule has 2 aromatic carbocycles. The Bertz CT molecular complexity index is 773. The molecule has 0 aromatic heterocycles. The van der Waals surface area contributed by atoms with Crippen molar-refractivity contribution >= 4 is 40.2 Å². The Balaban J connectivity index is 1.76. The Morgan fingerprint density at radius 2 is 1.95 bits per heavy atom. The number of benzene rings is 2. The van der Waals surface area contributed by atoms with Crippen LogP contribution < -0.4 is 0 Å². The molecule has 1 aliphatic rings. The van der Waals surface area contributed by atoms with Crippen LogP contribution in [0.15, 0.2) is 58.6 Å². The second kappa shape index (κ2) is 5.71. The van der Waals surface area contributed by atoms with Crippen molar-refractivity contribution < 1.29 is 14.4 Å². The number of hydrogen-bond acceptors (Lipinski definition) is 5. The lowest BCUT2D eigenvalue weighted by Crippen LogP contribution is -2.07. The number of carbonyl (C=O) groups is 2. The summed E-state index contributed by atoms with van der Waals surface area (Å²) in [5, 5.41) is 4.23. The smallest absolute Gasteiger partial charge is 0.312 e. The summed E-state index contributed by atoms with van der Waals surface area (Å²) in [7, 11) is 0. The molecule has 0 bridgehead atoms. The van der Waals surface area contributed by atoms with Crippen molar-refractivity contribution in [3.63, 3.8) is 0 Å². The molecule has 0 aliphatic carbocycles. The Kier molecular flexibility index (Phi) is 3.77. The van der Waals surface area contributed by atoms with Gasteiger partial charge in [-0.1, -0.05) is 46.7 Å². The van der Waals surface area contributed by atoms with Gasteiger partial charge in [0.15, 0.2) is 5.04 Å². The van der Waals surface area contributed by atoms with E-state index >= 15 is 0 Å². The van der Waals surface area contributed by atoms with E-state index in [2.05, 4.69) is 5.16 Å². The molecular weight excluding hydrogens is 310 g/mol. The first-order valence-corrected chi connectivity index (χ1v) is 7.21. The number of oxime groups is 1. The van der Waals surface area contributed by atoms with Gasteiger partial charge in [0.1, 0.15) is 0 Å². The second-order valence-electron chi connectivity index (χ2n) is 4.21. The van der Waals surface area contributed by atoms with E-state index in [0.717, 1.165) is 4.90 Å². The number of Topliss-reactive ketones (excluding diaryl/α,β-unsaturated/α-hetero) is 1. The van der Waals surface area contributed by atoms with E-state index in [4.69, 9.17) is 16.4 Å². The SMILES string of the molecule is O=C(O/N=C1/Sc2ccccc2C1=O)c1cccc(Cl)c1. The lowest BCUT2D eigenvalue weighted by atomic mass is 10.1. The third kappa shape index (κ3) is 2.84. The van der Waals surface area contributed by atoms with Gasteiger partial charge in [-0.25, -0.2) is 4.79 Å². The van der Waals surface area contributed by atoms with Crippen LogP contribution in [0.4, 0.5) is 0 Å². The number of carbonyl (C=O) groups excluding carboxylic acids is 2. The van der Waals surface area contributed by atoms with Gasteiger partial charge in [0.05, 0.1) is 5.56 Å². The summed E-state index contributed by atoms with van der Waals surface area (Å²) in [5.41, 5.74) is 0.847. The lowest BCUT2D eigenvalue weighted by molar-refractivity contribution is 0.0517. The monoisotopic (exact) mass is 317 g/mol. The average molecular weight is 318 g/mol. The zero-order valence-corrected chi connectivity index (χ0v) is 12.1. The van der Waals surface area contributed by atoms with Gasteiger partial charge in [-0.2, -0.15) is 0 Å². The second-order valence-corrected chi connectivity index (χ2v) is 5.68. The molecule has 0 N–H and O–H groups in total. The highest BCUT2D eigenvalue weighted by Gasteiger charge is 2.28. The Morgan fingerprint density at radius 3 is 2.71 bits per heavy atom. The Morgan fingerprint density at radius 1 is 1.14 bits per heavy atom. The fourth-order valence-corrected chi connectivity index (χ4v) is 2.91. The van der Waals surface area contributed by atoms with Gasteiger partial charge in [-0.3, -0.25) is 4.79 Å². The van der Waals surface area contributed by atoms with Gasteiger partial charge in [-0.15, -0.1) is 0 Å². The number of nitrogens with zero attached hydrogens (tertiary/aromatic N) is 1. The van der Waals surface area contributed by atoms with Crippen molar-refractivity contribution in [3.05, 3.63) is 64.7 Å². The molecule has 6 heteroatoms. The molecule has 104 valence electrons. The van der Waals surface area contributed by atoms with E-state index < -0.39 is 5.97 Å². The van der Waals surface area contributed by atoms with Crippen molar-refractivity contribution in [3.8, 4) is 0 Å². The van der Waals surface area contributed by atoms with E-state index in [-0.39, 0.29) is 16.4 Å². The van der Waals surface area contributed by atoms with E-state index in [1.165, 1.54) is 17.8 Å². The molecule has 1 heterocycles. The molecule has 0 saturated heterocycles. The quantitative estimate of drug-likeness (QED) is 0.624. The van der Waals surface area contributed by atoms with Crippen LogP contribution in [-0.4, -0.2) is 16.8 Å². The highest BCUT2D eigenvalue weighted by Crippen LogP contribution is 2.33. The molecule has 4 nitrogen and oxygen atoms in total. The van der Waals surface area contributed by atoms with E-state index in [1.54, 1.807) is 30.3 Å². The van der Waals surface area contributed by atoms with Gasteiger partial charge >= 0.3 is 5.97 Å². The summed E-state index contributed by atoms with van der Waals surface area (Å²) in [6.07, 6.45) is 0. The van der Waals surface area contributed by atoms with Crippen molar-refractivity contribution in [2.45, 2.75) is 4.90 Å². The maximum Gasteiger partial charge on any atom is 0.365 e. The molecule has 0 spiro atoms. The molecule has 0 saturated carbocycles. The van der Waals surface area contributed by atoms with Crippen LogP contribution in [0.3, 0.4) is 0 Å². The first-order chi connectivity index (χ1) is 10.1. The molecule has 0 fully saturated rings. The van der Waals surface area contributed by atoms with Crippen molar-refractivity contribution in [1.82, 2.24) is 0 Å². The molecular formula is C15H8ClNO3S. The highest BCUT2D eigenvalue weighted by atomic mass is 35.5.